The summed E-state index contributed by atoms with van der Waals surface area (Å²) in [7, 11) is 0. The molecule has 2 aliphatic rings. The number of thioether (sulfide) groups is 1. The first-order valence-electron chi connectivity index (χ1n) is 9.07. The fourth-order valence-electron chi connectivity index (χ4n) is 3.92. The van der Waals surface area contributed by atoms with E-state index in [0.29, 0.717) is 17.4 Å². The average molecular weight is 596 g/mol. The number of nitrogens with zero attached hydrogens (tertiary/aromatic N) is 3. The molecule has 0 N–H and O–H groups in total. The second kappa shape index (κ2) is 9.68. The molecule has 3 rings (SSSR count). The van der Waals surface area contributed by atoms with Crippen LogP contribution >= 0.6 is 11.8 Å². The number of anilines is 1. The zero-order valence-corrected chi connectivity index (χ0v) is 19.8. The van der Waals surface area contributed by atoms with Crippen molar-refractivity contribution < 1.29 is 39.5 Å². The minimum Gasteiger partial charge on any atom is -0.541 e. The van der Waals surface area contributed by atoms with E-state index in [1.54, 1.807) is 0 Å². The fourth-order valence-corrected chi connectivity index (χ4v) is 4.26. The van der Waals surface area contributed by atoms with Crippen LogP contribution < -0.4 is 4.90 Å². The molecule has 7 heteroatoms. The van der Waals surface area contributed by atoms with Gasteiger partial charge >= 0.3 is 0 Å². The average Bonchev–Trinajstić information content (AvgIpc) is 3.18. The van der Waals surface area contributed by atoms with Crippen LogP contribution in [-0.2, 0) is 16.0 Å². The van der Waals surface area contributed by atoms with Gasteiger partial charge in [0.05, 0.1) is 0 Å². The molecule has 0 aromatic carbocycles. The number of aryl methyl sites for hydroxylation is 1. The predicted molar refractivity (Wildman–Crippen MR) is 99.2 cm³/mol. The Labute approximate surface area is 182 Å². The van der Waals surface area contributed by atoms with Gasteiger partial charge in [0.1, 0.15) is 5.82 Å². The van der Waals surface area contributed by atoms with Crippen LogP contribution in [0.3, 0.4) is 0 Å². The normalized spacial score (nSPS) is 24.2. The number of fused-ring (bicyclic) bond motifs is 1. The summed E-state index contributed by atoms with van der Waals surface area (Å²) in [5, 5.41) is 0.657. The van der Waals surface area contributed by atoms with Gasteiger partial charge in [0.25, 0.3) is 0 Å². The van der Waals surface area contributed by atoms with Crippen LogP contribution in [-0.4, -0.2) is 34.5 Å². The quantitative estimate of drug-likeness (QED) is 0.231. The molecule has 1 aromatic rings. The molecule has 1 atom stereocenters. The van der Waals surface area contributed by atoms with E-state index in [-0.39, 0.29) is 48.3 Å². The molecule has 1 aliphatic carbocycles. The summed E-state index contributed by atoms with van der Waals surface area (Å²) in [6, 6.07) is 0.105. The van der Waals surface area contributed by atoms with Crippen molar-refractivity contribution in [2.45, 2.75) is 69.0 Å². The Morgan fingerprint density at radius 1 is 1.35 bits per heavy atom. The number of carbonyl (C=O) groups excluding carboxylic acids is 2. The van der Waals surface area contributed by atoms with Gasteiger partial charge in [0.15, 0.2) is 5.16 Å². The second-order valence-corrected chi connectivity index (χ2v) is 7.73. The van der Waals surface area contributed by atoms with E-state index in [1.807, 2.05) is 17.4 Å². The summed E-state index contributed by atoms with van der Waals surface area (Å²) < 4.78 is 0. The van der Waals surface area contributed by atoms with Crippen molar-refractivity contribution >= 4 is 29.8 Å². The van der Waals surface area contributed by atoms with E-state index in [2.05, 4.69) is 18.2 Å². The monoisotopic (exact) mass is 595 g/mol. The van der Waals surface area contributed by atoms with Crippen LogP contribution in [0.5, 0.6) is 0 Å². The van der Waals surface area contributed by atoms with E-state index < -0.39 is 5.41 Å². The summed E-state index contributed by atoms with van der Waals surface area (Å²) in [6.45, 7) is 3.91. The van der Waals surface area contributed by atoms with Crippen molar-refractivity contribution in [1.82, 2.24) is 9.97 Å². The first kappa shape index (κ1) is 21.9. The summed E-state index contributed by atoms with van der Waals surface area (Å²) in [5.74, 6) is 0.532. The SMILES string of the molecule is [CH2-]CC1([C-]=O)CCCCc2cnc(SC)nc2N(C2CCCC2)C1=O.[Np]. The maximum absolute atomic E-state index is 13.5. The van der Waals surface area contributed by atoms with Gasteiger partial charge in [-0.25, -0.2) is 9.97 Å². The number of hydrogen-bond donors (Lipinski definition) is 0. The molecule has 1 aliphatic heterocycles. The Morgan fingerprint density at radius 3 is 2.69 bits per heavy atom. The molecule has 141 valence electrons. The standard InChI is InChI=1S/C19H25N3O2S.Np/c1-3-19(13-23)11-7-6-8-14-12-20-18(25-2)21-16(14)22(17(19)24)15-9-4-5-10-15;/h12,15H,1,3-11H2,2H3;/q-2;. The molecule has 0 bridgehead atoms. The van der Waals surface area contributed by atoms with Crippen LogP contribution in [0.2, 0.25) is 0 Å². The third kappa shape index (κ3) is 4.19. The molecule has 0 spiro atoms. The van der Waals surface area contributed by atoms with Crippen LogP contribution in [0.1, 0.15) is 56.9 Å². The third-order valence-corrected chi connectivity index (χ3v) is 6.03. The molecule has 1 aromatic heterocycles. The van der Waals surface area contributed by atoms with Crippen LogP contribution in [0.4, 0.5) is 5.82 Å². The predicted octanol–water partition coefficient (Wildman–Crippen LogP) is 3.52. The number of hydrogen-bond acceptors (Lipinski definition) is 5. The van der Waals surface area contributed by atoms with Gasteiger partial charge in [-0.1, -0.05) is 42.9 Å². The van der Waals surface area contributed by atoms with Gasteiger partial charge in [-0.15, -0.1) is 0 Å². The van der Waals surface area contributed by atoms with Gasteiger partial charge in [-0.2, -0.15) is 6.42 Å². The minimum absolute atomic E-state index is 0. The van der Waals surface area contributed by atoms with E-state index in [1.165, 1.54) is 11.8 Å². The largest absolute Gasteiger partial charge is 0.541 e. The first-order valence-corrected chi connectivity index (χ1v) is 10.3. The molecule has 1 radical (unpaired) electrons. The van der Waals surface area contributed by atoms with Crippen molar-refractivity contribution in [2.24, 2.45) is 5.41 Å². The Kier molecular flexibility index (Phi) is 8.14. The van der Waals surface area contributed by atoms with Crippen LogP contribution in [0, 0.1) is 42.3 Å². The van der Waals surface area contributed by atoms with Gasteiger partial charge in [0.2, 0.25) is 5.91 Å². The maximum atomic E-state index is 13.5. The van der Waals surface area contributed by atoms with Crippen LogP contribution in [0.15, 0.2) is 11.4 Å². The number of amides is 1. The van der Waals surface area contributed by atoms with Crippen molar-refractivity contribution in [3.63, 3.8) is 0 Å². The fraction of sp³-hybridized carbons (Fsp3) is 0.632. The van der Waals surface area contributed by atoms with Crippen LogP contribution in [0.25, 0.3) is 0 Å². The molecule has 1 fully saturated rings. The van der Waals surface area contributed by atoms with E-state index in [9.17, 15) is 9.59 Å². The van der Waals surface area contributed by atoms with E-state index in [0.717, 1.165) is 50.5 Å². The Morgan fingerprint density at radius 2 is 2.08 bits per heavy atom. The molecule has 5 nitrogen and oxygen atoms in total. The topological polar surface area (TPSA) is 63.2 Å². The molecule has 1 saturated carbocycles. The summed E-state index contributed by atoms with van der Waals surface area (Å²) in [6.07, 6.45) is 13.3. The van der Waals surface area contributed by atoms with Crippen molar-refractivity contribution in [1.29, 1.82) is 0 Å². The van der Waals surface area contributed by atoms with E-state index in [4.69, 9.17) is 4.98 Å². The molecule has 2 heterocycles. The molecular weight excluding hydrogens is 571 g/mol. The summed E-state index contributed by atoms with van der Waals surface area (Å²) >= 11 is 1.47. The Bertz CT molecular complexity index is 652. The Balaban J connectivity index is 0.00000243. The summed E-state index contributed by atoms with van der Waals surface area (Å²) in [4.78, 5) is 36.3. The van der Waals surface area contributed by atoms with Crippen molar-refractivity contribution in [3.8, 4) is 0 Å². The number of rotatable bonds is 4. The smallest absolute Gasteiger partial charge is 0.205 e. The molecular formula is C19H25N3NpO2S-2. The third-order valence-electron chi connectivity index (χ3n) is 5.47. The van der Waals surface area contributed by atoms with Gasteiger partial charge < -0.3 is 11.7 Å². The van der Waals surface area contributed by atoms with Gasteiger partial charge in [-0.3, -0.25) is 16.0 Å². The molecule has 26 heavy (non-hydrogen) atoms. The van der Waals surface area contributed by atoms with Gasteiger partial charge in [0, 0.05) is 47.7 Å². The zero-order valence-electron chi connectivity index (χ0n) is 15.2. The second-order valence-electron chi connectivity index (χ2n) is 6.96. The first-order chi connectivity index (χ1) is 12.1. The minimum atomic E-state index is -1.14. The maximum Gasteiger partial charge on any atom is 0.205 e. The molecule has 1 amide bonds. The van der Waals surface area contributed by atoms with Crippen molar-refractivity contribution in [3.05, 3.63) is 18.7 Å². The Hall–Kier alpha value is -0.417. The zero-order chi connectivity index (χ0) is 17.9. The van der Waals surface area contributed by atoms with Crippen molar-refractivity contribution in [2.75, 3.05) is 11.2 Å². The van der Waals surface area contributed by atoms with E-state index >= 15 is 0 Å². The molecule has 0 saturated heterocycles. The molecule has 1 unspecified atom stereocenters. The number of aromatic nitrogens is 2. The van der Waals surface area contributed by atoms with Gasteiger partial charge in [-0.05, 0) is 31.9 Å². The summed E-state index contributed by atoms with van der Waals surface area (Å²) in [5.41, 5.74) is -0.141. The number of carbonyl (C=O) groups is 1.